The standard InChI is InChI=1S/C15H26N4/c1-14(2,3)18-9-7-16(12-18)11-17-8-10-19(13-17)15(4,5)6/h7-10,12-13H,11H2,1-6H3/q+2. The number of nitrogens with zero attached hydrogens (tertiary/aromatic N) is 4. The van der Waals surface area contributed by atoms with Gasteiger partial charge >= 0.3 is 0 Å². The highest BCUT2D eigenvalue weighted by Crippen LogP contribution is 2.12. The first kappa shape index (κ1) is 13.8. The van der Waals surface area contributed by atoms with Crippen LogP contribution in [-0.2, 0) is 17.7 Å². The summed E-state index contributed by atoms with van der Waals surface area (Å²) in [6.45, 7) is 14.1. The molecular weight excluding hydrogens is 236 g/mol. The maximum atomic E-state index is 2.23. The van der Waals surface area contributed by atoms with Gasteiger partial charge in [-0.2, -0.15) is 9.13 Å². The van der Waals surface area contributed by atoms with Gasteiger partial charge in [-0.05, 0) is 41.5 Å². The third-order valence-corrected chi connectivity index (χ3v) is 3.26. The van der Waals surface area contributed by atoms with Crippen molar-refractivity contribution in [2.75, 3.05) is 0 Å². The zero-order valence-corrected chi connectivity index (χ0v) is 13.0. The molecule has 0 aliphatic heterocycles. The van der Waals surface area contributed by atoms with Gasteiger partial charge in [0.1, 0.15) is 35.9 Å². The molecule has 19 heavy (non-hydrogen) atoms. The molecular formula is C15H26N4+2. The van der Waals surface area contributed by atoms with Gasteiger partial charge in [0.2, 0.25) is 19.3 Å². The van der Waals surface area contributed by atoms with Crippen LogP contribution in [0.15, 0.2) is 37.4 Å². The molecule has 0 atom stereocenters. The molecule has 104 valence electrons. The SMILES string of the molecule is CC(C)(C)n1cc[n+](C[n+]2ccn(C(C)(C)C)c2)c1. The van der Waals surface area contributed by atoms with Crippen LogP contribution in [0.2, 0.25) is 0 Å². The molecule has 0 saturated heterocycles. The zero-order valence-electron chi connectivity index (χ0n) is 13.0. The Balaban J connectivity index is 2.14. The number of hydrogen-bond donors (Lipinski definition) is 0. The summed E-state index contributed by atoms with van der Waals surface area (Å²) in [5, 5.41) is 0. The largest absolute Gasteiger partial charge is 0.247 e. The van der Waals surface area contributed by atoms with Crippen molar-refractivity contribution < 1.29 is 9.13 Å². The first-order chi connectivity index (χ1) is 8.66. The van der Waals surface area contributed by atoms with Crippen LogP contribution in [0, 0.1) is 0 Å². The van der Waals surface area contributed by atoms with Crippen molar-refractivity contribution in [2.24, 2.45) is 0 Å². The van der Waals surface area contributed by atoms with E-state index in [0.29, 0.717) is 0 Å². The van der Waals surface area contributed by atoms with Crippen LogP contribution in [-0.4, -0.2) is 9.13 Å². The molecule has 0 aliphatic rings. The van der Waals surface area contributed by atoms with Crippen molar-refractivity contribution >= 4 is 0 Å². The molecule has 0 saturated carbocycles. The van der Waals surface area contributed by atoms with Gasteiger partial charge < -0.3 is 0 Å². The highest BCUT2D eigenvalue weighted by molar-refractivity contribution is 4.79. The first-order valence-corrected chi connectivity index (χ1v) is 6.81. The molecule has 0 unspecified atom stereocenters. The Morgan fingerprint density at radius 3 is 1.37 bits per heavy atom. The second-order valence-corrected chi connectivity index (χ2v) is 7.15. The minimum Gasteiger partial charge on any atom is -0.232 e. The minimum absolute atomic E-state index is 0.132. The van der Waals surface area contributed by atoms with E-state index in [1.807, 2.05) is 0 Å². The number of imidazole rings is 2. The highest BCUT2D eigenvalue weighted by Gasteiger charge is 2.21. The first-order valence-electron chi connectivity index (χ1n) is 6.81. The Bertz CT molecular complexity index is 499. The fourth-order valence-electron chi connectivity index (χ4n) is 1.94. The molecule has 0 N–H and O–H groups in total. The molecule has 0 fully saturated rings. The molecule has 4 heteroatoms. The van der Waals surface area contributed by atoms with Gasteiger partial charge in [0, 0.05) is 0 Å². The Labute approximate surface area is 115 Å². The maximum absolute atomic E-state index is 2.23. The lowest BCUT2D eigenvalue weighted by atomic mass is 10.1. The molecule has 0 radical (unpaired) electrons. The Hall–Kier alpha value is -1.58. The molecule has 2 aromatic heterocycles. The van der Waals surface area contributed by atoms with Crippen molar-refractivity contribution in [2.45, 2.75) is 59.3 Å². The summed E-state index contributed by atoms with van der Waals surface area (Å²) in [5.41, 5.74) is 0.264. The Kier molecular flexibility index (Phi) is 3.29. The lowest BCUT2D eigenvalue weighted by molar-refractivity contribution is -0.912. The Morgan fingerprint density at radius 2 is 1.11 bits per heavy atom. The van der Waals surface area contributed by atoms with E-state index >= 15 is 0 Å². The summed E-state index contributed by atoms with van der Waals surface area (Å²) in [6, 6.07) is 0. The van der Waals surface area contributed by atoms with Crippen LogP contribution >= 0.6 is 0 Å². The average molecular weight is 262 g/mol. The van der Waals surface area contributed by atoms with Gasteiger partial charge in [0.25, 0.3) is 0 Å². The number of hydrogen-bond acceptors (Lipinski definition) is 0. The lowest BCUT2D eigenvalue weighted by Crippen LogP contribution is -2.50. The predicted octanol–water partition coefficient (Wildman–Crippen LogP) is 1.88. The van der Waals surface area contributed by atoms with Crippen LogP contribution in [0.3, 0.4) is 0 Å². The summed E-state index contributed by atoms with van der Waals surface area (Å²) < 4.78 is 8.85. The predicted molar refractivity (Wildman–Crippen MR) is 74.6 cm³/mol. The van der Waals surface area contributed by atoms with E-state index in [0.717, 1.165) is 6.67 Å². The third kappa shape index (κ3) is 3.25. The molecule has 0 bridgehead atoms. The monoisotopic (exact) mass is 262 g/mol. The van der Waals surface area contributed by atoms with Gasteiger partial charge in [-0.3, -0.25) is 0 Å². The molecule has 0 aliphatic carbocycles. The normalized spacial score (nSPS) is 12.9. The van der Waals surface area contributed by atoms with Crippen LogP contribution in [0.1, 0.15) is 41.5 Å². The summed E-state index contributed by atoms with van der Waals surface area (Å²) in [5.74, 6) is 0. The smallest absolute Gasteiger partial charge is 0.232 e. The van der Waals surface area contributed by atoms with E-state index in [4.69, 9.17) is 0 Å². The van der Waals surface area contributed by atoms with Gasteiger partial charge in [-0.25, -0.2) is 9.13 Å². The third-order valence-electron chi connectivity index (χ3n) is 3.26. The zero-order chi connectivity index (χ0) is 14.3. The lowest BCUT2D eigenvalue weighted by Gasteiger charge is -2.13. The average Bonchev–Trinajstić information content (AvgIpc) is 2.84. The van der Waals surface area contributed by atoms with Crippen molar-refractivity contribution in [1.29, 1.82) is 0 Å². The molecule has 2 rings (SSSR count). The van der Waals surface area contributed by atoms with Gasteiger partial charge in [-0.15, -0.1) is 0 Å². The van der Waals surface area contributed by atoms with Crippen molar-refractivity contribution in [3.8, 4) is 0 Å². The minimum atomic E-state index is 0.132. The summed E-state index contributed by atoms with van der Waals surface area (Å²) in [4.78, 5) is 0. The van der Waals surface area contributed by atoms with Crippen LogP contribution in [0.5, 0.6) is 0 Å². The fourth-order valence-corrected chi connectivity index (χ4v) is 1.94. The quantitative estimate of drug-likeness (QED) is 0.736. The van der Waals surface area contributed by atoms with E-state index in [2.05, 4.69) is 97.3 Å². The van der Waals surface area contributed by atoms with E-state index < -0.39 is 0 Å². The molecule has 2 aromatic rings. The van der Waals surface area contributed by atoms with Crippen LogP contribution < -0.4 is 9.13 Å². The number of rotatable bonds is 2. The fraction of sp³-hybridized carbons (Fsp3) is 0.600. The second-order valence-electron chi connectivity index (χ2n) is 7.15. The summed E-state index contributed by atoms with van der Waals surface area (Å²) in [6.07, 6.45) is 12.8. The second kappa shape index (κ2) is 4.51. The topological polar surface area (TPSA) is 17.6 Å². The van der Waals surface area contributed by atoms with E-state index in [1.165, 1.54) is 0 Å². The molecule has 4 nitrogen and oxygen atoms in total. The molecule has 2 heterocycles. The molecule has 0 aromatic carbocycles. The highest BCUT2D eigenvalue weighted by atomic mass is 15.2. The molecule has 0 amide bonds. The van der Waals surface area contributed by atoms with Crippen molar-refractivity contribution in [3.63, 3.8) is 0 Å². The van der Waals surface area contributed by atoms with E-state index in [-0.39, 0.29) is 11.1 Å². The van der Waals surface area contributed by atoms with Gasteiger partial charge in [-0.1, -0.05) is 0 Å². The van der Waals surface area contributed by atoms with E-state index in [9.17, 15) is 0 Å². The van der Waals surface area contributed by atoms with Crippen LogP contribution in [0.4, 0.5) is 0 Å². The maximum Gasteiger partial charge on any atom is 0.247 e. The number of aromatic nitrogens is 4. The van der Waals surface area contributed by atoms with E-state index in [1.54, 1.807) is 0 Å². The van der Waals surface area contributed by atoms with Crippen molar-refractivity contribution in [1.82, 2.24) is 9.13 Å². The summed E-state index contributed by atoms with van der Waals surface area (Å²) in [7, 11) is 0. The van der Waals surface area contributed by atoms with Gasteiger partial charge in [0.15, 0.2) is 0 Å². The molecule has 0 spiro atoms. The summed E-state index contributed by atoms with van der Waals surface area (Å²) >= 11 is 0. The van der Waals surface area contributed by atoms with Gasteiger partial charge in [0.05, 0.1) is 0 Å². The van der Waals surface area contributed by atoms with Crippen molar-refractivity contribution in [3.05, 3.63) is 37.4 Å². The van der Waals surface area contributed by atoms with Crippen LogP contribution in [0.25, 0.3) is 0 Å². The Morgan fingerprint density at radius 1 is 0.737 bits per heavy atom.